The van der Waals surface area contributed by atoms with Crippen LogP contribution in [0.25, 0.3) is 17.1 Å². The normalized spacial score (nSPS) is 13.9. The topological polar surface area (TPSA) is 69.0 Å². The zero-order valence-corrected chi connectivity index (χ0v) is 15.4. The van der Waals surface area contributed by atoms with E-state index in [1.165, 1.54) is 23.9 Å². The van der Waals surface area contributed by atoms with Crippen molar-refractivity contribution < 1.29 is 22.7 Å². The van der Waals surface area contributed by atoms with Gasteiger partial charge in [-0.15, -0.1) is 5.10 Å². The van der Waals surface area contributed by atoms with Gasteiger partial charge in [0.05, 0.1) is 18.4 Å². The molecule has 9 heteroatoms. The Labute approximate surface area is 164 Å². The molecule has 1 fully saturated rings. The number of hydrogen-bond donors (Lipinski definition) is 1. The first-order chi connectivity index (χ1) is 13.8. The van der Waals surface area contributed by atoms with E-state index in [1.807, 2.05) is 0 Å². The lowest BCUT2D eigenvalue weighted by atomic mass is 10.1. The molecular formula is C20H17F3N4O2. The Bertz CT molecular complexity index is 1020. The maximum Gasteiger partial charge on any atom is 0.416 e. The average Bonchev–Trinajstić information content (AvgIpc) is 3.47. The van der Waals surface area contributed by atoms with Crippen LogP contribution < -0.4 is 10.1 Å². The molecule has 6 nitrogen and oxygen atoms in total. The monoisotopic (exact) mass is 402 g/mol. The van der Waals surface area contributed by atoms with Gasteiger partial charge in [-0.25, -0.2) is 4.68 Å². The Hall–Kier alpha value is -3.36. The first-order valence-corrected chi connectivity index (χ1v) is 8.95. The number of ether oxygens (including phenoxy) is 1. The Morgan fingerprint density at radius 3 is 2.31 bits per heavy atom. The zero-order chi connectivity index (χ0) is 20.6. The molecule has 4 rings (SSSR count). The summed E-state index contributed by atoms with van der Waals surface area (Å²) < 4.78 is 45.0. The molecule has 0 unspecified atom stereocenters. The summed E-state index contributed by atoms with van der Waals surface area (Å²) in [4.78, 5) is 16.1. The fourth-order valence-corrected chi connectivity index (χ4v) is 2.83. The first kappa shape index (κ1) is 19.0. The average molecular weight is 402 g/mol. The maximum absolute atomic E-state index is 12.8. The predicted molar refractivity (Wildman–Crippen MR) is 99.7 cm³/mol. The molecule has 0 radical (unpaired) electrons. The van der Waals surface area contributed by atoms with E-state index >= 15 is 0 Å². The fourth-order valence-electron chi connectivity index (χ4n) is 2.83. The molecule has 0 atom stereocenters. The van der Waals surface area contributed by atoms with E-state index in [9.17, 15) is 18.0 Å². The highest BCUT2D eigenvalue weighted by atomic mass is 19.4. The summed E-state index contributed by atoms with van der Waals surface area (Å²) in [6.07, 6.45) is -2.58. The van der Waals surface area contributed by atoms with Crippen LogP contribution in [0.1, 0.15) is 18.4 Å². The van der Waals surface area contributed by atoms with Crippen molar-refractivity contribution in [3.8, 4) is 23.1 Å². The number of rotatable bonds is 5. The number of benzene rings is 2. The summed E-state index contributed by atoms with van der Waals surface area (Å²) in [5, 5.41) is 7.10. The molecule has 1 amide bonds. The van der Waals surface area contributed by atoms with E-state index in [4.69, 9.17) is 4.74 Å². The number of methoxy groups -OCH3 is 1. The van der Waals surface area contributed by atoms with Crippen LogP contribution in [0.5, 0.6) is 6.01 Å². The molecular weight excluding hydrogens is 385 g/mol. The van der Waals surface area contributed by atoms with Gasteiger partial charge in [-0.2, -0.15) is 18.2 Å². The number of carbonyl (C=O) groups excluding carboxylic acids is 1. The highest BCUT2D eigenvalue weighted by molar-refractivity contribution is 5.94. The highest BCUT2D eigenvalue weighted by Crippen LogP contribution is 2.32. The molecule has 1 heterocycles. The van der Waals surface area contributed by atoms with Gasteiger partial charge in [0.2, 0.25) is 5.91 Å². The van der Waals surface area contributed by atoms with Crippen molar-refractivity contribution in [3.05, 3.63) is 54.1 Å². The van der Waals surface area contributed by atoms with Crippen molar-refractivity contribution in [2.24, 2.45) is 5.92 Å². The maximum atomic E-state index is 12.8. The van der Waals surface area contributed by atoms with Gasteiger partial charge in [-0.05, 0) is 49.2 Å². The van der Waals surface area contributed by atoms with E-state index in [2.05, 4.69) is 15.4 Å². The third kappa shape index (κ3) is 4.08. The Kier molecular flexibility index (Phi) is 4.73. The van der Waals surface area contributed by atoms with Gasteiger partial charge in [0.25, 0.3) is 0 Å². The second kappa shape index (κ2) is 7.23. The molecule has 1 saturated carbocycles. The lowest BCUT2D eigenvalue weighted by molar-refractivity contribution is -0.137. The second-order valence-electron chi connectivity index (χ2n) is 6.72. The van der Waals surface area contributed by atoms with Gasteiger partial charge in [-0.3, -0.25) is 4.79 Å². The summed E-state index contributed by atoms with van der Waals surface area (Å²) in [7, 11) is 1.41. The third-order valence-electron chi connectivity index (χ3n) is 4.57. The summed E-state index contributed by atoms with van der Waals surface area (Å²) in [6.45, 7) is 0. The number of anilines is 1. The van der Waals surface area contributed by atoms with Crippen LogP contribution in [0.15, 0.2) is 48.5 Å². The molecule has 1 aromatic heterocycles. The van der Waals surface area contributed by atoms with E-state index in [0.717, 1.165) is 25.0 Å². The summed E-state index contributed by atoms with van der Waals surface area (Å²) in [6, 6.07) is 11.7. The minimum Gasteiger partial charge on any atom is -0.466 e. The van der Waals surface area contributed by atoms with Gasteiger partial charge < -0.3 is 10.1 Å². The summed E-state index contributed by atoms with van der Waals surface area (Å²) >= 11 is 0. The summed E-state index contributed by atoms with van der Waals surface area (Å²) in [5.41, 5.74) is 1.00. The number of amides is 1. The van der Waals surface area contributed by atoms with Crippen molar-refractivity contribution >= 4 is 11.6 Å². The number of carbonyl (C=O) groups is 1. The second-order valence-corrected chi connectivity index (χ2v) is 6.72. The molecule has 150 valence electrons. The van der Waals surface area contributed by atoms with Crippen LogP contribution in [0, 0.1) is 5.92 Å². The van der Waals surface area contributed by atoms with Crippen LogP contribution >= 0.6 is 0 Å². The fraction of sp³-hybridized carbons (Fsp3) is 0.250. The molecule has 0 saturated heterocycles. The van der Waals surface area contributed by atoms with Crippen molar-refractivity contribution in [2.75, 3.05) is 12.4 Å². The van der Waals surface area contributed by atoms with Crippen LogP contribution in [-0.4, -0.2) is 27.8 Å². The third-order valence-corrected chi connectivity index (χ3v) is 4.57. The Morgan fingerprint density at radius 1 is 1.10 bits per heavy atom. The van der Waals surface area contributed by atoms with E-state index in [-0.39, 0.29) is 17.8 Å². The van der Waals surface area contributed by atoms with Crippen LogP contribution in [0.3, 0.4) is 0 Å². The van der Waals surface area contributed by atoms with E-state index < -0.39 is 11.7 Å². The number of nitrogens with zero attached hydrogens (tertiary/aromatic N) is 3. The van der Waals surface area contributed by atoms with Gasteiger partial charge >= 0.3 is 12.2 Å². The number of halogens is 3. The van der Waals surface area contributed by atoms with Crippen molar-refractivity contribution in [1.29, 1.82) is 0 Å². The number of nitrogens with one attached hydrogen (secondary N) is 1. The minimum absolute atomic E-state index is 0.00520. The highest BCUT2D eigenvalue weighted by Gasteiger charge is 2.30. The molecule has 0 spiro atoms. The zero-order valence-electron chi connectivity index (χ0n) is 15.4. The van der Waals surface area contributed by atoms with Crippen LogP contribution in [-0.2, 0) is 11.0 Å². The van der Waals surface area contributed by atoms with Crippen LogP contribution in [0.2, 0.25) is 0 Å². The molecule has 1 aliphatic rings. The minimum atomic E-state index is -4.41. The van der Waals surface area contributed by atoms with Crippen LogP contribution in [0.4, 0.5) is 18.9 Å². The van der Waals surface area contributed by atoms with Gasteiger partial charge in [0.1, 0.15) is 0 Å². The largest absolute Gasteiger partial charge is 0.466 e. The molecule has 0 bridgehead atoms. The van der Waals surface area contributed by atoms with Crippen molar-refractivity contribution in [3.63, 3.8) is 0 Å². The lowest BCUT2D eigenvalue weighted by Gasteiger charge is -2.09. The van der Waals surface area contributed by atoms with Crippen molar-refractivity contribution in [2.45, 2.75) is 19.0 Å². The quantitative estimate of drug-likeness (QED) is 0.691. The molecule has 3 aromatic rings. The Balaban J connectivity index is 1.64. The number of alkyl halides is 3. The molecule has 0 aliphatic heterocycles. The van der Waals surface area contributed by atoms with Crippen molar-refractivity contribution in [1.82, 2.24) is 14.8 Å². The standard InChI is InChI=1S/C20H17F3N4O2/c1-29-19-25-17(12-4-6-14(7-5-12)20(21,22)23)27(26-19)16-10-8-15(9-11-16)24-18(28)13-2-3-13/h4-11,13H,2-3H2,1H3,(H,24,28). The van der Waals surface area contributed by atoms with E-state index in [0.29, 0.717) is 22.8 Å². The van der Waals surface area contributed by atoms with E-state index in [1.54, 1.807) is 24.3 Å². The number of aromatic nitrogens is 3. The first-order valence-electron chi connectivity index (χ1n) is 8.95. The molecule has 29 heavy (non-hydrogen) atoms. The SMILES string of the molecule is COc1nc(-c2ccc(C(F)(F)F)cc2)n(-c2ccc(NC(=O)C3CC3)cc2)n1. The lowest BCUT2D eigenvalue weighted by Crippen LogP contribution is -2.13. The van der Waals surface area contributed by atoms with Gasteiger partial charge in [-0.1, -0.05) is 12.1 Å². The summed E-state index contributed by atoms with van der Waals surface area (Å²) in [5.74, 6) is 0.441. The number of hydrogen-bond acceptors (Lipinski definition) is 4. The molecule has 1 aliphatic carbocycles. The molecule has 2 aromatic carbocycles. The molecule has 1 N–H and O–H groups in total. The Morgan fingerprint density at radius 2 is 1.76 bits per heavy atom. The smallest absolute Gasteiger partial charge is 0.416 e. The van der Waals surface area contributed by atoms with Gasteiger partial charge in [0, 0.05) is 17.2 Å². The van der Waals surface area contributed by atoms with Gasteiger partial charge in [0.15, 0.2) is 5.82 Å². The predicted octanol–water partition coefficient (Wildman–Crippen LogP) is 4.31.